The van der Waals surface area contributed by atoms with Crippen LogP contribution >= 0.6 is 0 Å². The number of alkyl halides is 3. The molecule has 0 radical (unpaired) electrons. The number of aromatic nitrogens is 3. The summed E-state index contributed by atoms with van der Waals surface area (Å²) in [4.78, 5) is 17.2. The first-order valence-electron chi connectivity index (χ1n) is 10.1. The highest BCUT2D eigenvalue weighted by molar-refractivity contribution is 5.85. The van der Waals surface area contributed by atoms with E-state index in [1.807, 2.05) is 37.3 Å². The van der Waals surface area contributed by atoms with Crippen molar-refractivity contribution in [3.05, 3.63) is 58.9 Å². The normalized spacial score (nSPS) is 15.4. The molecule has 30 heavy (non-hydrogen) atoms. The van der Waals surface area contributed by atoms with Gasteiger partial charge in [-0.2, -0.15) is 18.3 Å². The molecule has 0 bridgehead atoms. The van der Waals surface area contributed by atoms with E-state index in [0.717, 1.165) is 24.5 Å². The van der Waals surface area contributed by atoms with E-state index in [9.17, 15) is 18.0 Å². The molecule has 8 heteroatoms. The molecule has 0 aliphatic heterocycles. The molecule has 1 aliphatic carbocycles. The lowest BCUT2D eigenvalue weighted by Gasteiger charge is -2.17. The van der Waals surface area contributed by atoms with E-state index < -0.39 is 11.7 Å². The van der Waals surface area contributed by atoms with Gasteiger partial charge in [0.25, 0.3) is 0 Å². The van der Waals surface area contributed by atoms with Crippen molar-refractivity contribution >= 4 is 16.9 Å². The van der Waals surface area contributed by atoms with Crippen molar-refractivity contribution in [1.82, 2.24) is 20.1 Å². The number of benzene rings is 1. The van der Waals surface area contributed by atoms with Gasteiger partial charge >= 0.3 is 6.18 Å². The fraction of sp³-hybridized carbons (Fsp3) is 0.409. The Balaban J connectivity index is 1.66. The first-order chi connectivity index (χ1) is 14.3. The zero-order valence-corrected chi connectivity index (χ0v) is 16.8. The summed E-state index contributed by atoms with van der Waals surface area (Å²) in [5, 5.41) is 7.14. The van der Waals surface area contributed by atoms with Crippen LogP contribution in [-0.4, -0.2) is 20.7 Å². The van der Waals surface area contributed by atoms with E-state index in [1.54, 1.807) is 0 Å². The van der Waals surface area contributed by atoms with Crippen molar-refractivity contribution in [2.24, 2.45) is 0 Å². The molecule has 0 saturated heterocycles. The molecule has 2 aromatic heterocycles. The molecule has 1 aromatic carbocycles. The maximum Gasteiger partial charge on any atom is 0.417 e. The van der Waals surface area contributed by atoms with Gasteiger partial charge in [0.15, 0.2) is 5.65 Å². The van der Waals surface area contributed by atoms with Crippen molar-refractivity contribution < 1.29 is 18.0 Å². The van der Waals surface area contributed by atoms with Gasteiger partial charge in [0, 0.05) is 11.6 Å². The van der Waals surface area contributed by atoms with Crippen molar-refractivity contribution in [3.63, 3.8) is 0 Å². The summed E-state index contributed by atoms with van der Waals surface area (Å²) in [5.74, 6) is -0.266. The van der Waals surface area contributed by atoms with Crippen molar-refractivity contribution in [3.8, 4) is 0 Å². The third-order valence-corrected chi connectivity index (χ3v) is 5.44. The molecule has 4 rings (SSSR count). The first kappa shape index (κ1) is 20.4. The minimum absolute atomic E-state index is 0.0326. The summed E-state index contributed by atoms with van der Waals surface area (Å²) < 4.78 is 42.4. The lowest BCUT2D eigenvalue weighted by molar-refractivity contribution is -0.136. The van der Waals surface area contributed by atoms with Gasteiger partial charge in [-0.25, -0.2) is 9.67 Å². The highest BCUT2D eigenvalue weighted by Crippen LogP contribution is 2.43. The van der Waals surface area contributed by atoms with Crippen LogP contribution in [-0.2, 0) is 17.5 Å². The molecule has 1 unspecified atom stereocenters. The Morgan fingerprint density at radius 3 is 2.57 bits per heavy atom. The molecule has 158 valence electrons. The second-order valence-corrected chi connectivity index (χ2v) is 7.75. The van der Waals surface area contributed by atoms with Crippen LogP contribution in [0.5, 0.6) is 0 Å². The third kappa shape index (κ3) is 4.04. The zero-order chi connectivity index (χ0) is 21.5. The van der Waals surface area contributed by atoms with Gasteiger partial charge in [0.2, 0.25) is 5.91 Å². The van der Waals surface area contributed by atoms with Crippen LogP contribution in [0, 0.1) is 6.92 Å². The van der Waals surface area contributed by atoms with Gasteiger partial charge in [-0.3, -0.25) is 4.79 Å². The molecular formula is C22H23F3N4O. The number of nitrogens with one attached hydrogen (secondary N) is 1. The molecular weight excluding hydrogens is 393 g/mol. The van der Waals surface area contributed by atoms with E-state index in [-0.39, 0.29) is 41.1 Å². The van der Waals surface area contributed by atoms with Gasteiger partial charge in [-0.15, -0.1) is 0 Å². The van der Waals surface area contributed by atoms with Gasteiger partial charge in [-0.1, -0.05) is 37.3 Å². The Morgan fingerprint density at radius 1 is 1.27 bits per heavy atom. The molecule has 1 amide bonds. The number of hydrogen-bond donors (Lipinski definition) is 1. The summed E-state index contributed by atoms with van der Waals surface area (Å²) in [6, 6.07) is 10.5. The smallest absolute Gasteiger partial charge is 0.348 e. The number of carbonyl (C=O) groups is 1. The standard InChI is InChI=1S/C22H23F3N4O/c1-3-17(14-7-5-4-6-8-14)26-19(30)12-29-21-20(13(2)28-29)16(22(23,24)25)11-18(27-21)15-9-10-15/h4-8,11,15,17H,3,9-10,12H2,1-2H3,(H,26,30). The molecule has 1 N–H and O–H groups in total. The quantitative estimate of drug-likeness (QED) is 0.622. The van der Waals surface area contributed by atoms with E-state index in [1.165, 1.54) is 11.6 Å². The Labute approximate surface area is 172 Å². The summed E-state index contributed by atoms with van der Waals surface area (Å²) >= 11 is 0. The number of hydrogen-bond acceptors (Lipinski definition) is 3. The molecule has 1 fully saturated rings. The highest BCUT2D eigenvalue weighted by Gasteiger charge is 2.37. The molecule has 5 nitrogen and oxygen atoms in total. The predicted octanol–water partition coefficient (Wildman–Crippen LogP) is 4.90. The van der Waals surface area contributed by atoms with Crippen molar-refractivity contribution in [2.45, 2.75) is 57.8 Å². The maximum atomic E-state index is 13.7. The van der Waals surface area contributed by atoms with Crippen LogP contribution in [0.15, 0.2) is 36.4 Å². The SMILES string of the molecule is CCC(NC(=O)Cn1nc(C)c2c(C(F)(F)F)cc(C3CC3)nc21)c1ccccc1. The Kier molecular flexibility index (Phi) is 5.26. The van der Waals surface area contributed by atoms with E-state index in [0.29, 0.717) is 12.1 Å². The topological polar surface area (TPSA) is 59.8 Å². The lowest BCUT2D eigenvalue weighted by Crippen LogP contribution is -2.31. The number of nitrogens with zero attached hydrogens (tertiary/aromatic N) is 3. The van der Waals surface area contributed by atoms with Crippen molar-refractivity contribution in [1.29, 1.82) is 0 Å². The van der Waals surface area contributed by atoms with Crippen LogP contribution in [0.25, 0.3) is 11.0 Å². The second kappa shape index (κ2) is 7.74. The number of aryl methyl sites for hydroxylation is 1. The van der Waals surface area contributed by atoms with E-state index >= 15 is 0 Å². The summed E-state index contributed by atoms with van der Waals surface area (Å²) in [7, 11) is 0. The monoisotopic (exact) mass is 416 g/mol. The van der Waals surface area contributed by atoms with Gasteiger partial charge in [0.05, 0.1) is 22.7 Å². The number of fused-ring (bicyclic) bond motifs is 1. The fourth-order valence-corrected chi connectivity index (χ4v) is 3.78. The lowest BCUT2D eigenvalue weighted by atomic mass is 10.0. The van der Waals surface area contributed by atoms with Crippen LogP contribution in [0.3, 0.4) is 0 Å². The highest BCUT2D eigenvalue weighted by atomic mass is 19.4. The number of halogens is 3. The Hall–Kier alpha value is -2.90. The van der Waals surface area contributed by atoms with Gasteiger partial charge in [0.1, 0.15) is 6.54 Å². The average molecular weight is 416 g/mol. The summed E-state index contributed by atoms with van der Waals surface area (Å²) in [6.45, 7) is 3.29. The summed E-state index contributed by atoms with van der Waals surface area (Å²) in [6.07, 6.45) is -2.15. The first-order valence-corrected chi connectivity index (χ1v) is 10.1. The predicted molar refractivity (Wildman–Crippen MR) is 107 cm³/mol. The minimum Gasteiger partial charge on any atom is -0.348 e. The number of pyridine rings is 1. The second-order valence-electron chi connectivity index (χ2n) is 7.75. The minimum atomic E-state index is -4.51. The molecule has 1 atom stereocenters. The number of amides is 1. The van der Waals surface area contributed by atoms with E-state index in [4.69, 9.17) is 0 Å². The van der Waals surface area contributed by atoms with Crippen LogP contribution < -0.4 is 5.32 Å². The van der Waals surface area contributed by atoms with Crippen molar-refractivity contribution in [2.75, 3.05) is 0 Å². The maximum absolute atomic E-state index is 13.7. The third-order valence-electron chi connectivity index (χ3n) is 5.44. The number of rotatable bonds is 6. The van der Waals surface area contributed by atoms with Crippen LogP contribution in [0.1, 0.15) is 60.7 Å². The Bertz CT molecular complexity index is 1070. The average Bonchev–Trinajstić information content (AvgIpc) is 3.51. The van der Waals surface area contributed by atoms with E-state index in [2.05, 4.69) is 15.4 Å². The summed E-state index contributed by atoms with van der Waals surface area (Å²) in [5.41, 5.74) is 1.01. The Morgan fingerprint density at radius 2 is 1.97 bits per heavy atom. The molecule has 0 spiro atoms. The zero-order valence-electron chi connectivity index (χ0n) is 16.8. The molecule has 3 aromatic rings. The molecule has 1 aliphatic rings. The van der Waals surface area contributed by atoms with Gasteiger partial charge < -0.3 is 5.32 Å². The number of carbonyl (C=O) groups excluding carboxylic acids is 1. The fourth-order valence-electron chi connectivity index (χ4n) is 3.78. The van der Waals surface area contributed by atoms with Gasteiger partial charge in [-0.05, 0) is 37.8 Å². The van der Waals surface area contributed by atoms with Crippen LogP contribution in [0.2, 0.25) is 0 Å². The largest absolute Gasteiger partial charge is 0.417 e. The molecule has 2 heterocycles. The molecule has 1 saturated carbocycles. The van der Waals surface area contributed by atoms with Crippen LogP contribution in [0.4, 0.5) is 13.2 Å².